The fraction of sp³-hybridized carbons (Fsp3) is 0.478. The molecule has 1 aliphatic rings. The number of hydrogen-bond donors (Lipinski definition) is 1. The van der Waals surface area contributed by atoms with Gasteiger partial charge in [0.15, 0.2) is 5.76 Å². The molecule has 1 aromatic heterocycles. The highest BCUT2D eigenvalue weighted by atomic mass is 16.5. The first-order valence-corrected chi connectivity index (χ1v) is 10.4. The summed E-state index contributed by atoms with van der Waals surface area (Å²) in [5.41, 5.74) is 2.18. The number of rotatable bonds is 8. The number of aryl methyl sites for hydroxylation is 1. The number of piperazine rings is 1. The van der Waals surface area contributed by atoms with Crippen molar-refractivity contribution < 1.29 is 18.7 Å². The predicted octanol–water partition coefficient (Wildman–Crippen LogP) is 2.59. The summed E-state index contributed by atoms with van der Waals surface area (Å²) in [6.45, 7) is 9.80. The van der Waals surface area contributed by atoms with E-state index < -0.39 is 0 Å². The molecule has 1 aromatic carbocycles. The molecule has 30 heavy (non-hydrogen) atoms. The minimum atomic E-state index is -0.0885. The first kappa shape index (κ1) is 22.1. The van der Waals surface area contributed by atoms with Gasteiger partial charge in [0, 0.05) is 32.7 Å². The van der Waals surface area contributed by atoms with E-state index in [1.165, 1.54) is 0 Å². The molecule has 0 bridgehead atoms. The normalized spacial score (nSPS) is 14.9. The maximum atomic E-state index is 12.4. The van der Waals surface area contributed by atoms with E-state index in [0.29, 0.717) is 51.6 Å². The lowest BCUT2D eigenvalue weighted by molar-refractivity contribution is -0.122. The molecular formula is C23H31N3O4. The van der Waals surface area contributed by atoms with Crippen molar-refractivity contribution in [1.82, 2.24) is 15.1 Å². The Morgan fingerprint density at radius 2 is 1.70 bits per heavy atom. The van der Waals surface area contributed by atoms with Crippen molar-refractivity contribution in [3.8, 4) is 0 Å². The van der Waals surface area contributed by atoms with E-state index in [1.54, 1.807) is 17.0 Å². The number of benzene rings is 1. The van der Waals surface area contributed by atoms with E-state index in [9.17, 15) is 9.59 Å². The van der Waals surface area contributed by atoms with Gasteiger partial charge in [-0.1, -0.05) is 24.3 Å². The number of hydrogen-bond acceptors (Lipinski definition) is 5. The highest BCUT2D eigenvalue weighted by Gasteiger charge is 2.24. The lowest BCUT2D eigenvalue weighted by Crippen LogP contribution is -2.51. The van der Waals surface area contributed by atoms with Gasteiger partial charge >= 0.3 is 0 Å². The molecule has 0 radical (unpaired) electrons. The third-order valence-corrected chi connectivity index (χ3v) is 5.07. The average Bonchev–Trinajstić information content (AvgIpc) is 3.18. The summed E-state index contributed by atoms with van der Waals surface area (Å²) in [5.74, 6) is 1.01. The van der Waals surface area contributed by atoms with Gasteiger partial charge in [-0.2, -0.15) is 0 Å². The molecule has 1 saturated heterocycles. The molecule has 7 heteroatoms. The first-order chi connectivity index (χ1) is 14.4. The number of nitrogens with one attached hydrogen (secondary N) is 1. The summed E-state index contributed by atoms with van der Waals surface area (Å²) >= 11 is 0. The van der Waals surface area contributed by atoms with Gasteiger partial charge in [0.05, 0.1) is 19.3 Å². The quantitative estimate of drug-likeness (QED) is 0.720. The summed E-state index contributed by atoms with van der Waals surface area (Å²) in [5, 5.41) is 2.97. The van der Waals surface area contributed by atoms with E-state index >= 15 is 0 Å². The Morgan fingerprint density at radius 1 is 1.03 bits per heavy atom. The molecule has 1 aliphatic heterocycles. The maximum absolute atomic E-state index is 12.4. The molecule has 0 aliphatic carbocycles. The van der Waals surface area contributed by atoms with Crippen LogP contribution in [0.25, 0.3) is 0 Å². The maximum Gasteiger partial charge on any atom is 0.289 e. The van der Waals surface area contributed by atoms with Crippen molar-refractivity contribution in [3.63, 3.8) is 0 Å². The van der Waals surface area contributed by atoms with Crippen LogP contribution < -0.4 is 5.32 Å². The molecule has 2 heterocycles. The standard InChI is InChI=1S/C23H31N3O4/c1-17(2)29-16-20-7-5-19(6-8-20)14-24-22(27)15-25-10-12-26(13-11-25)23(28)21-9-4-18(3)30-21/h4-9,17H,10-16H2,1-3H3,(H,24,27). The van der Waals surface area contributed by atoms with Crippen molar-refractivity contribution in [2.24, 2.45) is 0 Å². The predicted molar refractivity (Wildman–Crippen MR) is 114 cm³/mol. The molecule has 162 valence electrons. The van der Waals surface area contributed by atoms with Crippen molar-refractivity contribution in [1.29, 1.82) is 0 Å². The highest BCUT2D eigenvalue weighted by molar-refractivity contribution is 5.91. The zero-order chi connectivity index (χ0) is 21.5. The first-order valence-electron chi connectivity index (χ1n) is 10.4. The van der Waals surface area contributed by atoms with Crippen LogP contribution in [-0.2, 0) is 22.7 Å². The van der Waals surface area contributed by atoms with Crippen molar-refractivity contribution >= 4 is 11.8 Å². The van der Waals surface area contributed by atoms with Crippen LogP contribution in [0.2, 0.25) is 0 Å². The lowest BCUT2D eigenvalue weighted by Gasteiger charge is -2.33. The van der Waals surface area contributed by atoms with Crippen LogP contribution >= 0.6 is 0 Å². The third-order valence-electron chi connectivity index (χ3n) is 5.07. The monoisotopic (exact) mass is 413 g/mol. The zero-order valence-electron chi connectivity index (χ0n) is 18.0. The number of ether oxygens (including phenoxy) is 1. The van der Waals surface area contributed by atoms with Crippen LogP contribution in [0, 0.1) is 6.92 Å². The second-order valence-electron chi connectivity index (χ2n) is 7.93. The second-order valence-corrected chi connectivity index (χ2v) is 7.93. The molecule has 2 aromatic rings. The van der Waals surface area contributed by atoms with Crippen molar-refractivity contribution in [2.75, 3.05) is 32.7 Å². The van der Waals surface area contributed by atoms with Gasteiger partial charge in [-0.3, -0.25) is 14.5 Å². The number of carbonyl (C=O) groups excluding carboxylic acids is 2. The Kier molecular flexibility index (Phi) is 7.65. The van der Waals surface area contributed by atoms with Gasteiger partial charge in [-0.15, -0.1) is 0 Å². The molecule has 7 nitrogen and oxygen atoms in total. The van der Waals surface area contributed by atoms with E-state index in [2.05, 4.69) is 10.2 Å². The van der Waals surface area contributed by atoms with Crippen LogP contribution in [0.1, 0.15) is 41.3 Å². The lowest BCUT2D eigenvalue weighted by atomic mass is 10.1. The topological polar surface area (TPSA) is 75.0 Å². The van der Waals surface area contributed by atoms with Crippen LogP contribution in [0.5, 0.6) is 0 Å². The molecule has 0 unspecified atom stereocenters. The smallest absolute Gasteiger partial charge is 0.289 e. The van der Waals surface area contributed by atoms with Gasteiger partial charge in [0.25, 0.3) is 5.91 Å². The van der Waals surface area contributed by atoms with Crippen LogP contribution in [0.4, 0.5) is 0 Å². The summed E-state index contributed by atoms with van der Waals surface area (Å²) in [7, 11) is 0. The summed E-state index contributed by atoms with van der Waals surface area (Å²) in [4.78, 5) is 28.6. The number of furan rings is 1. The Morgan fingerprint density at radius 3 is 2.30 bits per heavy atom. The summed E-state index contributed by atoms with van der Waals surface area (Å²) in [6.07, 6.45) is 0.207. The SMILES string of the molecule is Cc1ccc(C(=O)N2CCN(CC(=O)NCc3ccc(COC(C)C)cc3)CC2)o1. The van der Waals surface area contributed by atoms with Crippen LogP contribution in [0.3, 0.4) is 0 Å². The average molecular weight is 414 g/mol. The number of amides is 2. The van der Waals surface area contributed by atoms with Crippen molar-refractivity contribution in [3.05, 3.63) is 59.0 Å². The van der Waals surface area contributed by atoms with Crippen molar-refractivity contribution in [2.45, 2.75) is 40.0 Å². The Labute approximate surface area is 178 Å². The van der Waals surface area contributed by atoms with E-state index in [-0.39, 0.29) is 17.9 Å². The van der Waals surface area contributed by atoms with E-state index in [1.807, 2.05) is 45.0 Å². The minimum Gasteiger partial charge on any atom is -0.456 e. The molecule has 0 saturated carbocycles. The van der Waals surface area contributed by atoms with Crippen LogP contribution in [0.15, 0.2) is 40.8 Å². The minimum absolute atomic E-state index is 0.0105. The number of nitrogens with zero attached hydrogens (tertiary/aromatic N) is 2. The zero-order valence-corrected chi connectivity index (χ0v) is 18.0. The fourth-order valence-electron chi connectivity index (χ4n) is 3.29. The Balaban J connectivity index is 1.37. The fourth-order valence-corrected chi connectivity index (χ4v) is 3.29. The summed E-state index contributed by atoms with van der Waals surface area (Å²) in [6, 6.07) is 11.6. The van der Waals surface area contributed by atoms with Gasteiger partial charge in [0.2, 0.25) is 5.91 Å². The molecular weight excluding hydrogens is 382 g/mol. The van der Waals surface area contributed by atoms with Gasteiger partial charge in [-0.05, 0) is 44.0 Å². The third kappa shape index (κ3) is 6.43. The second kappa shape index (κ2) is 10.4. The van der Waals surface area contributed by atoms with E-state index in [0.717, 1.165) is 16.9 Å². The Bertz CT molecular complexity index is 836. The Hall–Kier alpha value is -2.64. The van der Waals surface area contributed by atoms with Gasteiger partial charge in [-0.25, -0.2) is 0 Å². The molecule has 3 rings (SSSR count). The molecule has 0 spiro atoms. The molecule has 1 N–H and O–H groups in total. The van der Waals surface area contributed by atoms with Gasteiger partial charge in [0.1, 0.15) is 5.76 Å². The van der Waals surface area contributed by atoms with Crippen LogP contribution in [-0.4, -0.2) is 60.4 Å². The number of carbonyl (C=O) groups is 2. The molecule has 2 amide bonds. The highest BCUT2D eigenvalue weighted by Crippen LogP contribution is 2.12. The molecule has 0 atom stereocenters. The van der Waals surface area contributed by atoms with Gasteiger partial charge < -0.3 is 19.4 Å². The summed E-state index contributed by atoms with van der Waals surface area (Å²) < 4.78 is 11.0. The van der Waals surface area contributed by atoms with E-state index in [4.69, 9.17) is 9.15 Å². The largest absolute Gasteiger partial charge is 0.456 e. The molecule has 1 fully saturated rings.